The van der Waals surface area contributed by atoms with Crippen molar-refractivity contribution >= 4 is 39.1 Å². The van der Waals surface area contributed by atoms with Crippen LogP contribution >= 0.6 is 27.5 Å². The number of nitrogens with one attached hydrogen (secondary N) is 1. The molecule has 1 aliphatic heterocycles. The van der Waals surface area contributed by atoms with E-state index in [1.165, 1.54) is 5.56 Å². The molecule has 1 fully saturated rings. The molecule has 2 aromatic carbocycles. The molecule has 0 spiro atoms. The van der Waals surface area contributed by atoms with E-state index in [-0.39, 0.29) is 11.8 Å². The van der Waals surface area contributed by atoms with Gasteiger partial charge >= 0.3 is 0 Å². The average Bonchev–Trinajstić information content (AvgIpc) is 2.60. The Labute approximate surface area is 162 Å². The summed E-state index contributed by atoms with van der Waals surface area (Å²) in [6.07, 6.45) is 1.80. The zero-order valence-corrected chi connectivity index (χ0v) is 16.6. The van der Waals surface area contributed by atoms with Crippen LogP contribution in [0.5, 0.6) is 0 Å². The highest BCUT2D eigenvalue weighted by Gasteiger charge is 2.25. The molecule has 0 bridgehead atoms. The summed E-state index contributed by atoms with van der Waals surface area (Å²) in [7, 11) is 0. The number of aryl methyl sites for hydroxylation is 1. The van der Waals surface area contributed by atoms with Crippen molar-refractivity contribution in [2.24, 2.45) is 5.92 Å². The first-order chi connectivity index (χ1) is 12.0. The lowest BCUT2D eigenvalue weighted by atomic mass is 9.95. The fourth-order valence-corrected chi connectivity index (χ4v) is 3.69. The second-order valence-corrected chi connectivity index (χ2v) is 7.98. The monoisotopic (exact) mass is 420 g/mol. The van der Waals surface area contributed by atoms with E-state index in [9.17, 15) is 4.79 Å². The summed E-state index contributed by atoms with van der Waals surface area (Å²) in [4.78, 5) is 15.0. The molecular weight excluding hydrogens is 400 g/mol. The molecule has 1 heterocycles. The summed E-state index contributed by atoms with van der Waals surface area (Å²) < 4.78 is 1.10. The van der Waals surface area contributed by atoms with Crippen LogP contribution in [0, 0.1) is 12.8 Å². The number of nitrogens with zero attached hydrogens (tertiary/aromatic N) is 1. The second-order valence-electron chi connectivity index (χ2n) is 6.63. The van der Waals surface area contributed by atoms with Gasteiger partial charge in [0.15, 0.2) is 0 Å². The van der Waals surface area contributed by atoms with Gasteiger partial charge in [0.1, 0.15) is 0 Å². The highest BCUT2D eigenvalue weighted by molar-refractivity contribution is 9.10. The van der Waals surface area contributed by atoms with E-state index < -0.39 is 0 Å². The normalized spacial score (nSPS) is 16.0. The van der Waals surface area contributed by atoms with Crippen LogP contribution in [-0.2, 0) is 11.3 Å². The zero-order valence-electron chi connectivity index (χ0n) is 14.3. The molecule has 5 heteroatoms. The van der Waals surface area contributed by atoms with Crippen molar-refractivity contribution in [2.45, 2.75) is 26.3 Å². The summed E-state index contributed by atoms with van der Waals surface area (Å²) in [5, 5.41) is 3.75. The van der Waals surface area contributed by atoms with Gasteiger partial charge in [-0.05, 0) is 74.3 Å². The molecular formula is C20H22BrClN2O. The molecule has 132 valence electrons. The van der Waals surface area contributed by atoms with Crippen molar-refractivity contribution in [1.29, 1.82) is 0 Å². The van der Waals surface area contributed by atoms with Crippen LogP contribution in [0.15, 0.2) is 46.9 Å². The number of likely N-dealkylation sites (tertiary alicyclic amines) is 1. The smallest absolute Gasteiger partial charge is 0.227 e. The molecule has 2 aromatic rings. The van der Waals surface area contributed by atoms with Crippen molar-refractivity contribution in [3.8, 4) is 0 Å². The fraction of sp³-hybridized carbons (Fsp3) is 0.350. The molecule has 0 aliphatic carbocycles. The number of anilines is 1. The van der Waals surface area contributed by atoms with Gasteiger partial charge in [0.2, 0.25) is 5.91 Å². The summed E-state index contributed by atoms with van der Waals surface area (Å²) >= 11 is 9.44. The van der Waals surface area contributed by atoms with Gasteiger partial charge in [-0.3, -0.25) is 9.69 Å². The van der Waals surface area contributed by atoms with E-state index in [0.717, 1.165) is 48.2 Å². The second kappa shape index (κ2) is 8.35. The van der Waals surface area contributed by atoms with Gasteiger partial charge in [0, 0.05) is 27.6 Å². The van der Waals surface area contributed by atoms with Gasteiger partial charge in [-0.1, -0.05) is 39.7 Å². The Morgan fingerprint density at radius 1 is 1.20 bits per heavy atom. The molecule has 1 aliphatic rings. The van der Waals surface area contributed by atoms with Crippen LogP contribution in [0.4, 0.5) is 5.69 Å². The van der Waals surface area contributed by atoms with Gasteiger partial charge in [0.05, 0.1) is 0 Å². The topological polar surface area (TPSA) is 32.3 Å². The minimum Gasteiger partial charge on any atom is -0.326 e. The van der Waals surface area contributed by atoms with Crippen molar-refractivity contribution in [2.75, 3.05) is 18.4 Å². The van der Waals surface area contributed by atoms with Gasteiger partial charge in [0.25, 0.3) is 0 Å². The minimum absolute atomic E-state index is 0.0799. The molecule has 0 saturated carbocycles. The third-order valence-corrected chi connectivity index (χ3v) is 5.49. The first-order valence-corrected chi connectivity index (χ1v) is 9.72. The quantitative estimate of drug-likeness (QED) is 0.730. The van der Waals surface area contributed by atoms with Crippen LogP contribution in [0.3, 0.4) is 0 Å². The van der Waals surface area contributed by atoms with Gasteiger partial charge in [-0.2, -0.15) is 0 Å². The minimum atomic E-state index is 0.0799. The number of hydrogen-bond acceptors (Lipinski definition) is 2. The van der Waals surface area contributed by atoms with Gasteiger partial charge in [-0.15, -0.1) is 0 Å². The van der Waals surface area contributed by atoms with Crippen molar-refractivity contribution in [1.82, 2.24) is 4.90 Å². The van der Waals surface area contributed by atoms with Crippen molar-refractivity contribution in [3.05, 3.63) is 63.1 Å². The maximum Gasteiger partial charge on any atom is 0.227 e. The number of benzene rings is 2. The number of halogens is 2. The third-order valence-electron chi connectivity index (χ3n) is 4.72. The first-order valence-electron chi connectivity index (χ1n) is 8.55. The Morgan fingerprint density at radius 2 is 1.88 bits per heavy atom. The van der Waals surface area contributed by atoms with Crippen molar-refractivity contribution < 1.29 is 4.79 Å². The van der Waals surface area contributed by atoms with Crippen LogP contribution in [0.1, 0.15) is 24.0 Å². The Kier molecular flexibility index (Phi) is 6.15. The molecule has 25 heavy (non-hydrogen) atoms. The summed E-state index contributed by atoms with van der Waals surface area (Å²) in [5.74, 6) is 0.199. The number of piperidine rings is 1. The summed E-state index contributed by atoms with van der Waals surface area (Å²) in [6, 6.07) is 14.0. The maximum atomic E-state index is 12.5. The molecule has 1 saturated heterocycles. The van der Waals surface area contributed by atoms with E-state index >= 15 is 0 Å². The first kappa shape index (κ1) is 18.4. The SMILES string of the molecule is Cc1cc(Cl)ccc1NC(=O)C1CCN(Cc2ccc(Br)cc2)CC1. The molecule has 3 rings (SSSR count). The van der Waals surface area contributed by atoms with Gasteiger partial charge in [-0.25, -0.2) is 0 Å². The van der Waals surface area contributed by atoms with Gasteiger partial charge < -0.3 is 5.32 Å². The molecule has 0 unspecified atom stereocenters. The Bertz CT molecular complexity index is 740. The largest absolute Gasteiger partial charge is 0.326 e. The number of carbonyl (C=O) groups is 1. The standard InChI is InChI=1S/C20H22BrClN2O/c1-14-12-18(22)6-7-19(14)23-20(25)16-8-10-24(11-9-16)13-15-2-4-17(21)5-3-15/h2-7,12,16H,8-11,13H2,1H3,(H,23,25). The predicted octanol–water partition coefficient (Wildman–Crippen LogP) is 5.26. The fourth-order valence-electron chi connectivity index (χ4n) is 3.20. The molecule has 0 aromatic heterocycles. The summed E-state index contributed by atoms with van der Waals surface area (Å²) in [6.45, 7) is 4.81. The van der Waals surface area contributed by atoms with Crippen LogP contribution in [0.25, 0.3) is 0 Å². The van der Waals surface area contributed by atoms with Crippen LogP contribution in [-0.4, -0.2) is 23.9 Å². The number of amides is 1. The number of hydrogen-bond donors (Lipinski definition) is 1. The van der Waals surface area contributed by atoms with E-state index in [1.54, 1.807) is 0 Å². The highest BCUT2D eigenvalue weighted by Crippen LogP contribution is 2.24. The van der Waals surface area contributed by atoms with Crippen molar-refractivity contribution in [3.63, 3.8) is 0 Å². The average molecular weight is 422 g/mol. The van der Waals surface area contributed by atoms with E-state index in [4.69, 9.17) is 11.6 Å². The third kappa shape index (κ3) is 5.06. The lowest BCUT2D eigenvalue weighted by Crippen LogP contribution is -2.37. The Morgan fingerprint density at radius 3 is 2.52 bits per heavy atom. The van der Waals surface area contributed by atoms with Crippen LogP contribution < -0.4 is 5.32 Å². The number of carbonyl (C=O) groups excluding carboxylic acids is 1. The highest BCUT2D eigenvalue weighted by atomic mass is 79.9. The molecule has 1 N–H and O–H groups in total. The molecule has 0 atom stereocenters. The molecule has 0 radical (unpaired) electrons. The van der Waals surface area contributed by atoms with E-state index in [2.05, 4.69) is 50.4 Å². The zero-order chi connectivity index (χ0) is 17.8. The predicted molar refractivity (Wildman–Crippen MR) is 107 cm³/mol. The lowest BCUT2D eigenvalue weighted by Gasteiger charge is -2.31. The lowest BCUT2D eigenvalue weighted by molar-refractivity contribution is -0.121. The van der Waals surface area contributed by atoms with E-state index in [1.807, 2.05) is 25.1 Å². The maximum absolute atomic E-state index is 12.5. The molecule has 1 amide bonds. The molecule has 3 nitrogen and oxygen atoms in total. The number of rotatable bonds is 4. The Hall–Kier alpha value is -1.36. The summed E-state index contributed by atoms with van der Waals surface area (Å²) in [5.41, 5.74) is 3.16. The van der Waals surface area contributed by atoms with Crippen LogP contribution in [0.2, 0.25) is 5.02 Å². The Balaban J connectivity index is 1.51. The van der Waals surface area contributed by atoms with E-state index in [0.29, 0.717) is 5.02 Å².